The highest BCUT2D eigenvalue weighted by molar-refractivity contribution is 7.89. The molecule has 0 heterocycles. The summed E-state index contributed by atoms with van der Waals surface area (Å²) in [4.78, 5) is 13.2. The van der Waals surface area contributed by atoms with E-state index in [2.05, 4.69) is 4.79 Å². The summed E-state index contributed by atoms with van der Waals surface area (Å²) in [5, 5.41) is 0. The Morgan fingerprint density at radius 3 is 2.46 bits per heavy atom. The van der Waals surface area contributed by atoms with Crippen LogP contribution in [0.5, 0.6) is 0 Å². The van der Waals surface area contributed by atoms with Gasteiger partial charge < -0.3 is 5.53 Å². The Morgan fingerprint density at radius 2 is 2.08 bits per heavy atom. The van der Waals surface area contributed by atoms with Gasteiger partial charge in [-0.25, -0.2) is 12.7 Å². The molecule has 0 N–H and O–H groups in total. The van der Waals surface area contributed by atoms with Crippen LogP contribution < -0.4 is 0 Å². The van der Waals surface area contributed by atoms with Crippen molar-refractivity contribution in [3.63, 3.8) is 0 Å². The van der Waals surface area contributed by atoms with Crippen molar-refractivity contribution in [3.8, 4) is 0 Å². The third-order valence-corrected chi connectivity index (χ3v) is 3.20. The molecule has 0 bridgehead atoms. The number of nitrogens with zero attached hydrogens (tertiary/aromatic N) is 3. The van der Waals surface area contributed by atoms with Gasteiger partial charge in [-0.05, 0) is 0 Å². The lowest BCUT2D eigenvalue weighted by molar-refractivity contribution is -0.115. The minimum Gasteiger partial charge on any atom is -0.361 e. The summed E-state index contributed by atoms with van der Waals surface area (Å²) in [6, 6.07) is 0. The second-order valence-corrected chi connectivity index (χ2v) is 4.86. The molecule has 0 rings (SSSR count). The molecule has 0 aromatic heterocycles. The smallest absolute Gasteiger partial charge is 0.323 e. The molecule has 0 aromatic rings. The van der Waals surface area contributed by atoms with E-state index in [9.17, 15) is 13.2 Å². The topological polar surface area (TPSA) is 90.9 Å². The molecule has 0 unspecified atom stereocenters. The quantitative estimate of drug-likeness (QED) is 0.332. The summed E-state index contributed by atoms with van der Waals surface area (Å²) < 4.78 is 23.2. The van der Waals surface area contributed by atoms with Gasteiger partial charge in [0.2, 0.25) is 15.8 Å². The molecule has 0 fully saturated rings. The molecule has 0 saturated heterocycles. The Hall–Kier alpha value is -1.04. The number of ketones is 1. The SMILES string of the molecule is CN(C)S(=O)(=O)CCC(=O)C=[N+]=[N-]. The highest BCUT2D eigenvalue weighted by atomic mass is 32.2. The molecule has 0 atom stereocenters. The van der Waals surface area contributed by atoms with Gasteiger partial charge in [-0.15, -0.1) is 0 Å². The van der Waals surface area contributed by atoms with Crippen molar-refractivity contribution in [1.82, 2.24) is 4.31 Å². The molecular weight excluding hydrogens is 194 g/mol. The van der Waals surface area contributed by atoms with Crippen LogP contribution in [0.25, 0.3) is 5.53 Å². The molecule has 0 spiro atoms. The Bertz CT molecular complexity index is 327. The maximum Gasteiger partial charge on any atom is 0.323 e. The van der Waals surface area contributed by atoms with E-state index in [0.717, 1.165) is 4.31 Å². The van der Waals surface area contributed by atoms with Gasteiger partial charge in [0.1, 0.15) is 0 Å². The molecule has 13 heavy (non-hydrogen) atoms. The number of carbonyl (C=O) groups is 1. The highest BCUT2D eigenvalue weighted by Crippen LogP contribution is 1.96. The second-order valence-electron chi connectivity index (χ2n) is 2.56. The van der Waals surface area contributed by atoms with Crippen LogP contribution in [-0.2, 0) is 14.8 Å². The summed E-state index contributed by atoms with van der Waals surface area (Å²) in [7, 11) is -0.565. The van der Waals surface area contributed by atoms with E-state index in [4.69, 9.17) is 5.53 Å². The molecule has 0 aromatic carbocycles. The fraction of sp³-hybridized carbons (Fsp3) is 0.667. The van der Waals surface area contributed by atoms with E-state index >= 15 is 0 Å². The first-order valence-electron chi connectivity index (χ1n) is 3.50. The van der Waals surface area contributed by atoms with Gasteiger partial charge in [0, 0.05) is 20.5 Å². The van der Waals surface area contributed by atoms with E-state index in [1.54, 1.807) is 0 Å². The van der Waals surface area contributed by atoms with Crippen LogP contribution in [0, 0.1) is 0 Å². The van der Waals surface area contributed by atoms with Crippen LogP contribution >= 0.6 is 0 Å². The lowest BCUT2D eigenvalue weighted by Gasteiger charge is -2.08. The first kappa shape index (κ1) is 12.0. The third kappa shape index (κ3) is 4.51. The number of Topliss-reactive ketones (excluding diaryl/α,β-unsaturated/α-hetero) is 1. The van der Waals surface area contributed by atoms with E-state index < -0.39 is 15.8 Å². The van der Waals surface area contributed by atoms with Gasteiger partial charge in [-0.1, -0.05) is 0 Å². The van der Waals surface area contributed by atoms with Crippen molar-refractivity contribution in [3.05, 3.63) is 5.53 Å². The van der Waals surface area contributed by atoms with Crippen molar-refractivity contribution < 1.29 is 18.0 Å². The van der Waals surface area contributed by atoms with Crippen molar-refractivity contribution in [2.45, 2.75) is 6.42 Å². The van der Waals surface area contributed by atoms with Crippen LogP contribution in [0.15, 0.2) is 0 Å². The normalized spacial score (nSPS) is 11.0. The molecule has 74 valence electrons. The minimum absolute atomic E-state index is 0.176. The fourth-order valence-electron chi connectivity index (χ4n) is 0.541. The summed E-state index contributed by atoms with van der Waals surface area (Å²) in [6.45, 7) is 0. The molecule has 6 nitrogen and oxygen atoms in total. The molecule has 0 radical (unpaired) electrons. The lowest BCUT2D eigenvalue weighted by atomic mass is 10.3. The second kappa shape index (κ2) is 4.86. The van der Waals surface area contributed by atoms with Gasteiger partial charge >= 0.3 is 6.21 Å². The van der Waals surface area contributed by atoms with Gasteiger partial charge in [0.05, 0.1) is 5.75 Å². The van der Waals surface area contributed by atoms with Crippen LogP contribution in [0.1, 0.15) is 6.42 Å². The van der Waals surface area contributed by atoms with E-state index in [0.29, 0.717) is 6.21 Å². The Morgan fingerprint density at radius 1 is 1.54 bits per heavy atom. The first-order chi connectivity index (χ1) is 5.90. The van der Waals surface area contributed by atoms with Crippen LogP contribution in [0.4, 0.5) is 0 Å². The molecule has 0 aliphatic heterocycles. The Kier molecular flexibility index (Phi) is 4.47. The van der Waals surface area contributed by atoms with Crippen molar-refractivity contribution in [2.75, 3.05) is 19.8 Å². The van der Waals surface area contributed by atoms with E-state index in [1.165, 1.54) is 14.1 Å². The van der Waals surface area contributed by atoms with Gasteiger partial charge in [-0.2, -0.15) is 4.79 Å². The third-order valence-electron chi connectivity index (χ3n) is 1.36. The Labute approximate surface area is 76.8 Å². The van der Waals surface area contributed by atoms with E-state index in [1.807, 2.05) is 0 Å². The van der Waals surface area contributed by atoms with Crippen molar-refractivity contribution in [2.24, 2.45) is 0 Å². The number of carbonyl (C=O) groups excluding carboxylic acids is 1. The number of hydrogen-bond acceptors (Lipinski definition) is 3. The largest absolute Gasteiger partial charge is 0.361 e. The monoisotopic (exact) mass is 205 g/mol. The maximum absolute atomic E-state index is 11.1. The van der Waals surface area contributed by atoms with Crippen LogP contribution in [0.3, 0.4) is 0 Å². The fourth-order valence-corrected chi connectivity index (χ4v) is 1.37. The molecule has 0 aliphatic rings. The van der Waals surface area contributed by atoms with Crippen molar-refractivity contribution >= 4 is 22.0 Å². The number of hydrogen-bond donors (Lipinski definition) is 0. The van der Waals surface area contributed by atoms with Crippen molar-refractivity contribution in [1.29, 1.82) is 0 Å². The summed E-state index contributed by atoms with van der Waals surface area (Å²) in [6.07, 6.45) is 0.510. The van der Waals surface area contributed by atoms with Gasteiger partial charge in [0.15, 0.2) is 0 Å². The average Bonchev–Trinajstić information content (AvgIpc) is 2.01. The zero-order chi connectivity index (χ0) is 10.5. The van der Waals surface area contributed by atoms with Crippen LogP contribution in [-0.4, -0.2) is 49.4 Å². The van der Waals surface area contributed by atoms with Gasteiger partial charge in [-0.3, -0.25) is 4.79 Å². The van der Waals surface area contributed by atoms with Gasteiger partial charge in [0.25, 0.3) is 0 Å². The zero-order valence-corrected chi connectivity index (χ0v) is 8.28. The zero-order valence-electron chi connectivity index (χ0n) is 7.47. The minimum atomic E-state index is -3.34. The molecular formula is C6H11N3O3S. The summed E-state index contributed by atoms with van der Waals surface area (Å²) >= 11 is 0. The Balaban J connectivity index is 4.19. The first-order valence-corrected chi connectivity index (χ1v) is 5.11. The predicted octanol–water partition coefficient (Wildman–Crippen LogP) is -0.862. The lowest BCUT2D eigenvalue weighted by Crippen LogP contribution is -2.26. The molecule has 0 saturated carbocycles. The number of sulfonamides is 1. The predicted molar refractivity (Wildman–Crippen MR) is 46.8 cm³/mol. The molecule has 0 amide bonds. The van der Waals surface area contributed by atoms with Crippen LogP contribution in [0.2, 0.25) is 0 Å². The molecule has 7 heteroatoms. The molecule has 0 aliphatic carbocycles. The van der Waals surface area contributed by atoms with E-state index in [-0.39, 0.29) is 12.2 Å². The number of rotatable bonds is 5. The highest BCUT2D eigenvalue weighted by Gasteiger charge is 2.15. The summed E-state index contributed by atoms with van der Waals surface area (Å²) in [5.41, 5.74) is 7.96. The average molecular weight is 205 g/mol. The maximum atomic E-state index is 11.1. The summed E-state index contributed by atoms with van der Waals surface area (Å²) in [5.74, 6) is -0.793. The standard InChI is InChI=1S/C6H11N3O3S/c1-9(2)13(11,12)4-3-6(10)5-8-7/h5H,3-4H2,1-2H3.